The van der Waals surface area contributed by atoms with Crippen LogP contribution in [-0.2, 0) is 17.8 Å². The highest BCUT2D eigenvalue weighted by Crippen LogP contribution is 2.34. The molecule has 0 heterocycles. The zero-order valence-corrected chi connectivity index (χ0v) is 11.0. The summed E-state index contributed by atoms with van der Waals surface area (Å²) in [5.41, 5.74) is 4.05. The Morgan fingerprint density at radius 1 is 1.20 bits per heavy atom. The van der Waals surface area contributed by atoms with Crippen LogP contribution in [-0.4, -0.2) is 5.91 Å². The molecule has 0 saturated heterocycles. The average molecular weight is 262 g/mol. The van der Waals surface area contributed by atoms with Crippen LogP contribution in [0.3, 0.4) is 0 Å². The van der Waals surface area contributed by atoms with Crippen molar-refractivity contribution in [3.8, 4) is 6.07 Å². The van der Waals surface area contributed by atoms with Gasteiger partial charge in [-0.2, -0.15) is 5.26 Å². The molecule has 2 aromatic carbocycles. The number of nitrogens with one attached hydrogen (secondary N) is 1. The van der Waals surface area contributed by atoms with Crippen LogP contribution in [0.2, 0.25) is 0 Å². The molecule has 0 fully saturated rings. The van der Waals surface area contributed by atoms with Crippen LogP contribution < -0.4 is 5.32 Å². The Morgan fingerprint density at radius 3 is 2.65 bits per heavy atom. The molecule has 0 aromatic heterocycles. The molecule has 2 aromatic rings. The number of nitrogens with zero attached hydrogens (tertiary/aromatic N) is 1. The molecule has 1 N–H and O–H groups in total. The molecule has 0 bridgehead atoms. The number of amides is 1. The number of carbonyl (C=O) groups excluding carboxylic acids is 1. The van der Waals surface area contributed by atoms with Gasteiger partial charge in [0.1, 0.15) is 0 Å². The fraction of sp³-hybridized carbons (Fsp3) is 0.176. The predicted molar refractivity (Wildman–Crippen MR) is 75.9 cm³/mol. The Labute approximate surface area is 117 Å². The molecule has 1 aliphatic rings. The average Bonchev–Trinajstić information content (AvgIpc) is 2.47. The van der Waals surface area contributed by atoms with Crippen LogP contribution in [0.5, 0.6) is 0 Å². The van der Waals surface area contributed by atoms with E-state index in [1.807, 2.05) is 30.3 Å². The molecule has 98 valence electrons. The number of rotatable bonds is 3. The Bertz CT molecular complexity index is 683. The van der Waals surface area contributed by atoms with Gasteiger partial charge in [0.2, 0.25) is 5.91 Å². The summed E-state index contributed by atoms with van der Waals surface area (Å²) in [6.45, 7) is 0.503. The van der Waals surface area contributed by atoms with E-state index in [0.29, 0.717) is 12.1 Å². The second kappa shape index (κ2) is 5.18. The van der Waals surface area contributed by atoms with E-state index in [0.717, 1.165) is 17.5 Å². The number of carbonyl (C=O) groups is 1. The lowest BCUT2D eigenvalue weighted by Crippen LogP contribution is -2.35. The van der Waals surface area contributed by atoms with E-state index >= 15 is 0 Å². The van der Waals surface area contributed by atoms with Crippen molar-refractivity contribution in [3.63, 3.8) is 0 Å². The summed E-state index contributed by atoms with van der Waals surface area (Å²) in [5.74, 6) is 0.0673. The van der Waals surface area contributed by atoms with Gasteiger partial charge in [0.05, 0.1) is 17.6 Å². The van der Waals surface area contributed by atoms with E-state index in [2.05, 4.69) is 17.5 Å². The quantitative estimate of drug-likeness (QED) is 0.924. The van der Waals surface area contributed by atoms with Gasteiger partial charge in [-0.15, -0.1) is 0 Å². The molecule has 1 amide bonds. The largest absolute Gasteiger partial charge is 0.351 e. The minimum absolute atomic E-state index is 0.00965. The maximum atomic E-state index is 12.1. The topological polar surface area (TPSA) is 52.9 Å². The van der Waals surface area contributed by atoms with Gasteiger partial charge in [0.15, 0.2) is 0 Å². The van der Waals surface area contributed by atoms with Crippen molar-refractivity contribution in [3.05, 3.63) is 70.8 Å². The SMILES string of the molecule is N#Cc1ccc(CNC(=O)C2Cc3ccccc32)cc1. The summed E-state index contributed by atoms with van der Waals surface area (Å²) in [4.78, 5) is 12.1. The van der Waals surface area contributed by atoms with Gasteiger partial charge in [0, 0.05) is 6.54 Å². The number of hydrogen-bond acceptors (Lipinski definition) is 2. The van der Waals surface area contributed by atoms with Crippen molar-refractivity contribution in [1.29, 1.82) is 5.26 Å². The van der Waals surface area contributed by atoms with E-state index in [9.17, 15) is 4.79 Å². The van der Waals surface area contributed by atoms with Gasteiger partial charge in [-0.05, 0) is 35.2 Å². The first-order valence-corrected chi connectivity index (χ1v) is 6.62. The van der Waals surface area contributed by atoms with Crippen LogP contribution in [0.4, 0.5) is 0 Å². The number of benzene rings is 2. The first-order valence-electron chi connectivity index (χ1n) is 6.62. The highest BCUT2D eigenvalue weighted by atomic mass is 16.1. The van der Waals surface area contributed by atoms with Crippen molar-refractivity contribution in [2.24, 2.45) is 0 Å². The molecule has 1 unspecified atom stereocenters. The normalized spacial score (nSPS) is 15.7. The molecule has 20 heavy (non-hydrogen) atoms. The fourth-order valence-corrected chi connectivity index (χ4v) is 2.50. The molecule has 3 rings (SSSR count). The van der Waals surface area contributed by atoms with Gasteiger partial charge >= 0.3 is 0 Å². The summed E-state index contributed by atoms with van der Waals surface area (Å²) in [6.07, 6.45) is 0.829. The molecule has 1 atom stereocenters. The van der Waals surface area contributed by atoms with Gasteiger partial charge < -0.3 is 5.32 Å². The Balaban J connectivity index is 1.59. The molecular weight excluding hydrogens is 248 g/mol. The lowest BCUT2D eigenvalue weighted by atomic mass is 9.77. The number of hydrogen-bond donors (Lipinski definition) is 1. The molecule has 3 heteroatoms. The molecule has 3 nitrogen and oxygen atoms in total. The summed E-state index contributed by atoms with van der Waals surface area (Å²) in [7, 11) is 0. The summed E-state index contributed by atoms with van der Waals surface area (Å²) in [6, 6.07) is 17.4. The maximum absolute atomic E-state index is 12.1. The zero-order chi connectivity index (χ0) is 13.9. The maximum Gasteiger partial charge on any atom is 0.228 e. The first-order chi connectivity index (χ1) is 9.78. The predicted octanol–water partition coefficient (Wildman–Crippen LogP) is 2.51. The van der Waals surface area contributed by atoms with Crippen molar-refractivity contribution >= 4 is 5.91 Å². The van der Waals surface area contributed by atoms with Gasteiger partial charge in [-0.1, -0.05) is 36.4 Å². The molecule has 0 radical (unpaired) electrons. The first kappa shape index (κ1) is 12.4. The van der Waals surface area contributed by atoms with E-state index in [1.54, 1.807) is 12.1 Å². The van der Waals surface area contributed by atoms with Crippen molar-refractivity contribution < 1.29 is 4.79 Å². The third-order valence-electron chi connectivity index (χ3n) is 3.72. The van der Waals surface area contributed by atoms with Gasteiger partial charge in [-0.25, -0.2) is 0 Å². The van der Waals surface area contributed by atoms with E-state index in [-0.39, 0.29) is 11.8 Å². The summed E-state index contributed by atoms with van der Waals surface area (Å²) in [5, 5.41) is 11.7. The van der Waals surface area contributed by atoms with Crippen LogP contribution in [0.25, 0.3) is 0 Å². The van der Waals surface area contributed by atoms with Crippen molar-refractivity contribution in [2.45, 2.75) is 18.9 Å². The minimum Gasteiger partial charge on any atom is -0.351 e. The van der Waals surface area contributed by atoms with Crippen LogP contribution in [0.1, 0.15) is 28.2 Å². The minimum atomic E-state index is -0.00965. The smallest absolute Gasteiger partial charge is 0.228 e. The summed E-state index contributed by atoms with van der Waals surface area (Å²) >= 11 is 0. The van der Waals surface area contributed by atoms with Gasteiger partial charge in [-0.3, -0.25) is 4.79 Å². The van der Waals surface area contributed by atoms with E-state index in [4.69, 9.17) is 5.26 Å². The monoisotopic (exact) mass is 262 g/mol. The van der Waals surface area contributed by atoms with E-state index in [1.165, 1.54) is 5.56 Å². The fourth-order valence-electron chi connectivity index (χ4n) is 2.50. The van der Waals surface area contributed by atoms with Crippen molar-refractivity contribution in [2.75, 3.05) is 0 Å². The second-order valence-electron chi connectivity index (χ2n) is 4.98. The standard InChI is InChI=1S/C17H14N2O/c18-10-12-5-7-13(8-6-12)11-19-17(20)16-9-14-3-1-2-4-15(14)16/h1-8,16H,9,11H2,(H,19,20). The molecular formula is C17H14N2O. The molecule has 1 aliphatic carbocycles. The highest BCUT2D eigenvalue weighted by molar-refractivity contribution is 5.86. The number of nitriles is 1. The highest BCUT2D eigenvalue weighted by Gasteiger charge is 2.31. The van der Waals surface area contributed by atoms with Crippen LogP contribution in [0, 0.1) is 11.3 Å². The molecule has 0 saturated carbocycles. The Kier molecular flexibility index (Phi) is 3.22. The Hall–Kier alpha value is -2.60. The second-order valence-corrected chi connectivity index (χ2v) is 4.98. The van der Waals surface area contributed by atoms with Crippen LogP contribution in [0.15, 0.2) is 48.5 Å². The third-order valence-corrected chi connectivity index (χ3v) is 3.72. The number of fused-ring (bicyclic) bond motifs is 1. The van der Waals surface area contributed by atoms with Crippen LogP contribution >= 0.6 is 0 Å². The Morgan fingerprint density at radius 2 is 1.95 bits per heavy atom. The molecule has 0 spiro atoms. The summed E-state index contributed by atoms with van der Waals surface area (Å²) < 4.78 is 0. The lowest BCUT2D eigenvalue weighted by molar-refractivity contribution is -0.123. The molecule has 0 aliphatic heterocycles. The van der Waals surface area contributed by atoms with E-state index < -0.39 is 0 Å². The van der Waals surface area contributed by atoms with Crippen molar-refractivity contribution in [1.82, 2.24) is 5.32 Å². The van der Waals surface area contributed by atoms with Gasteiger partial charge in [0.25, 0.3) is 0 Å². The zero-order valence-electron chi connectivity index (χ0n) is 11.0. The third kappa shape index (κ3) is 2.28. The lowest BCUT2D eigenvalue weighted by Gasteiger charge is -2.28.